The van der Waals surface area contributed by atoms with Crippen LogP contribution in [-0.4, -0.2) is 31.5 Å². The van der Waals surface area contributed by atoms with Crippen molar-refractivity contribution in [3.8, 4) is 0 Å². The molecule has 0 spiro atoms. The standard InChI is InChI=1S/C15H18N2O2/c1-16-14(10-15-18-8-9-19-15)12-4-2-6-13-11(12)5-3-7-17-13/h2-7,14-16H,8-10H2,1H3. The van der Waals surface area contributed by atoms with Gasteiger partial charge in [0.15, 0.2) is 6.29 Å². The summed E-state index contributed by atoms with van der Waals surface area (Å²) >= 11 is 0. The van der Waals surface area contributed by atoms with Crippen molar-refractivity contribution in [2.75, 3.05) is 20.3 Å². The molecule has 1 aromatic heterocycles. The summed E-state index contributed by atoms with van der Waals surface area (Å²) in [7, 11) is 1.97. The molecule has 1 aromatic carbocycles. The van der Waals surface area contributed by atoms with Crippen LogP contribution in [0.5, 0.6) is 0 Å². The molecular weight excluding hydrogens is 240 g/mol. The molecule has 2 aromatic rings. The van der Waals surface area contributed by atoms with E-state index in [1.807, 2.05) is 31.4 Å². The molecule has 1 saturated heterocycles. The monoisotopic (exact) mass is 258 g/mol. The lowest BCUT2D eigenvalue weighted by Gasteiger charge is -2.21. The van der Waals surface area contributed by atoms with Gasteiger partial charge in [0, 0.05) is 24.0 Å². The van der Waals surface area contributed by atoms with Crippen LogP contribution < -0.4 is 5.32 Å². The Labute approximate surface area is 112 Å². The van der Waals surface area contributed by atoms with E-state index in [1.165, 1.54) is 10.9 Å². The van der Waals surface area contributed by atoms with Crippen molar-refractivity contribution in [3.05, 3.63) is 42.1 Å². The van der Waals surface area contributed by atoms with Crippen LogP contribution in [-0.2, 0) is 9.47 Å². The predicted molar refractivity (Wildman–Crippen MR) is 73.9 cm³/mol. The fourth-order valence-corrected chi connectivity index (χ4v) is 2.57. The van der Waals surface area contributed by atoms with Gasteiger partial charge < -0.3 is 14.8 Å². The van der Waals surface area contributed by atoms with E-state index in [4.69, 9.17) is 9.47 Å². The van der Waals surface area contributed by atoms with E-state index >= 15 is 0 Å². The number of rotatable bonds is 4. The van der Waals surface area contributed by atoms with E-state index in [0.717, 1.165) is 11.9 Å². The minimum absolute atomic E-state index is 0.107. The zero-order chi connectivity index (χ0) is 13.1. The third-order valence-corrected chi connectivity index (χ3v) is 3.52. The molecule has 1 aliphatic heterocycles. The van der Waals surface area contributed by atoms with Crippen LogP contribution in [0.25, 0.3) is 10.9 Å². The molecule has 0 saturated carbocycles. The highest BCUT2D eigenvalue weighted by Gasteiger charge is 2.22. The molecule has 100 valence electrons. The Hall–Kier alpha value is -1.49. The molecule has 4 heteroatoms. The summed E-state index contributed by atoms with van der Waals surface area (Å²) in [5.74, 6) is 0. The molecule has 1 N–H and O–H groups in total. The Morgan fingerprint density at radius 3 is 2.89 bits per heavy atom. The van der Waals surface area contributed by atoms with Crippen molar-refractivity contribution in [2.45, 2.75) is 18.8 Å². The molecule has 1 aliphatic rings. The summed E-state index contributed by atoms with van der Waals surface area (Å²) in [6.07, 6.45) is 2.53. The van der Waals surface area contributed by atoms with Crippen molar-refractivity contribution in [2.24, 2.45) is 0 Å². The number of hydrogen-bond acceptors (Lipinski definition) is 4. The summed E-state index contributed by atoms with van der Waals surface area (Å²) < 4.78 is 11.1. The Morgan fingerprint density at radius 2 is 2.11 bits per heavy atom. The SMILES string of the molecule is CNC(CC1OCCO1)c1cccc2ncccc12. The zero-order valence-electron chi connectivity index (χ0n) is 11.0. The number of ether oxygens (including phenoxy) is 2. The minimum Gasteiger partial charge on any atom is -0.350 e. The predicted octanol–water partition coefficient (Wildman–Crippen LogP) is 2.26. The van der Waals surface area contributed by atoms with Crippen LogP contribution >= 0.6 is 0 Å². The van der Waals surface area contributed by atoms with Gasteiger partial charge in [0.2, 0.25) is 0 Å². The molecule has 1 unspecified atom stereocenters. The van der Waals surface area contributed by atoms with E-state index in [1.54, 1.807) is 0 Å². The van der Waals surface area contributed by atoms with E-state index < -0.39 is 0 Å². The van der Waals surface area contributed by atoms with Crippen molar-refractivity contribution in [1.29, 1.82) is 0 Å². The van der Waals surface area contributed by atoms with Crippen LogP contribution in [0.15, 0.2) is 36.5 Å². The van der Waals surface area contributed by atoms with Crippen molar-refractivity contribution >= 4 is 10.9 Å². The molecule has 0 radical (unpaired) electrons. The Morgan fingerprint density at radius 1 is 1.26 bits per heavy atom. The molecule has 4 nitrogen and oxygen atoms in total. The summed E-state index contributed by atoms with van der Waals surface area (Å²) in [5, 5.41) is 4.53. The van der Waals surface area contributed by atoms with E-state index in [2.05, 4.69) is 22.4 Å². The van der Waals surface area contributed by atoms with Gasteiger partial charge in [-0.3, -0.25) is 4.98 Å². The maximum absolute atomic E-state index is 5.54. The largest absolute Gasteiger partial charge is 0.350 e. The van der Waals surface area contributed by atoms with Gasteiger partial charge in [-0.15, -0.1) is 0 Å². The highest BCUT2D eigenvalue weighted by molar-refractivity contribution is 5.82. The second-order valence-corrected chi connectivity index (χ2v) is 4.67. The van der Waals surface area contributed by atoms with Crippen molar-refractivity contribution in [3.63, 3.8) is 0 Å². The summed E-state index contributed by atoms with van der Waals surface area (Å²) in [5.41, 5.74) is 2.26. The van der Waals surface area contributed by atoms with E-state index in [-0.39, 0.29) is 12.3 Å². The number of fused-ring (bicyclic) bond motifs is 1. The molecule has 0 aliphatic carbocycles. The third-order valence-electron chi connectivity index (χ3n) is 3.52. The molecule has 1 atom stereocenters. The number of pyridine rings is 1. The van der Waals surface area contributed by atoms with Crippen molar-refractivity contribution in [1.82, 2.24) is 10.3 Å². The van der Waals surface area contributed by atoms with Gasteiger partial charge >= 0.3 is 0 Å². The summed E-state index contributed by atoms with van der Waals surface area (Å²) in [4.78, 5) is 4.40. The molecule has 19 heavy (non-hydrogen) atoms. The van der Waals surface area contributed by atoms with E-state index in [9.17, 15) is 0 Å². The van der Waals surface area contributed by atoms with Gasteiger partial charge in [0.05, 0.1) is 18.7 Å². The van der Waals surface area contributed by atoms with Crippen LogP contribution in [0.1, 0.15) is 18.0 Å². The number of benzene rings is 1. The van der Waals surface area contributed by atoms with Crippen LogP contribution in [0.2, 0.25) is 0 Å². The molecule has 3 rings (SSSR count). The summed E-state index contributed by atoms with van der Waals surface area (Å²) in [6, 6.07) is 10.5. The van der Waals surface area contributed by atoms with Gasteiger partial charge in [-0.1, -0.05) is 18.2 Å². The smallest absolute Gasteiger partial charge is 0.159 e. The number of nitrogens with one attached hydrogen (secondary N) is 1. The van der Waals surface area contributed by atoms with Gasteiger partial charge in [0.25, 0.3) is 0 Å². The van der Waals surface area contributed by atoms with Crippen LogP contribution in [0.4, 0.5) is 0 Å². The quantitative estimate of drug-likeness (QED) is 0.913. The summed E-state index contributed by atoms with van der Waals surface area (Å²) in [6.45, 7) is 1.39. The van der Waals surface area contributed by atoms with E-state index in [0.29, 0.717) is 13.2 Å². The first-order valence-electron chi connectivity index (χ1n) is 6.62. The lowest BCUT2D eigenvalue weighted by molar-refractivity contribution is -0.0525. The highest BCUT2D eigenvalue weighted by Crippen LogP contribution is 2.27. The maximum atomic E-state index is 5.54. The normalized spacial score (nSPS) is 17.9. The fourth-order valence-electron chi connectivity index (χ4n) is 2.57. The number of aromatic nitrogens is 1. The van der Waals surface area contributed by atoms with Gasteiger partial charge in [0.1, 0.15) is 0 Å². The number of hydrogen-bond donors (Lipinski definition) is 1. The topological polar surface area (TPSA) is 43.4 Å². The van der Waals surface area contributed by atoms with Gasteiger partial charge in [-0.05, 0) is 24.7 Å². The molecule has 0 amide bonds. The lowest BCUT2D eigenvalue weighted by atomic mass is 9.99. The first-order chi connectivity index (χ1) is 9.38. The second-order valence-electron chi connectivity index (χ2n) is 4.67. The first kappa shape index (κ1) is 12.5. The average molecular weight is 258 g/mol. The van der Waals surface area contributed by atoms with Crippen LogP contribution in [0, 0.1) is 0 Å². The van der Waals surface area contributed by atoms with Crippen molar-refractivity contribution < 1.29 is 9.47 Å². The highest BCUT2D eigenvalue weighted by atomic mass is 16.7. The Balaban J connectivity index is 1.91. The molecule has 1 fully saturated rings. The molecule has 0 bridgehead atoms. The Kier molecular flexibility index (Phi) is 3.73. The average Bonchev–Trinajstić information content (AvgIpc) is 2.97. The number of nitrogens with zero attached hydrogens (tertiary/aromatic N) is 1. The minimum atomic E-state index is -0.107. The fraction of sp³-hybridized carbons (Fsp3) is 0.400. The zero-order valence-corrected chi connectivity index (χ0v) is 11.0. The Bertz CT molecular complexity index is 547. The maximum Gasteiger partial charge on any atom is 0.159 e. The lowest BCUT2D eigenvalue weighted by Crippen LogP contribution is -2.23. The van der Waals surface area contributed by atoms with Gasteiger partial charge in [-0.25, -0.2) is 0 Å². The van der Waals surface area contributed by atoms with Gasteiger partial charge in [-0.2, -0.15) is 0 Å². The molecule has 2 heterocycles. The third kappa shape index (κ3) is 2.61. The first-order valence-corrected chi connectivity index (χ1v) is 6.62. The second kappa shape index (κ2) is 5.65. The van der Waals surface area contributed by atoms with Crippen LogP contribution in [0.3, 0.4) is 0 Å². The molecular formula is C15H18N2O2.